The minimum absolute atomic E-state index is 0.376. The summed E-state index contributed by atoms with van der Waals surface area (Å²) in [5.41, 5.74) is 8.56. The molecule has 3 nitrogen and oxygen atoms in total. The molecule has 18 heavy (non-hydrogen) atoms. The summed E-state index contributed by atoms with van der Waals surface area (Å²) in [6.07, 6.45) is 1.71. The molecule has 0 aliphatic heterocycles. The predicted molar refractivity (Wildman–Crippen MR) is 73.4 cm³/mol. The molecule has 0 radical (unpaired) electrons. The molecule has 2 rings (SSSR count). The minimum atomic E-state index is -1.05. The number of nitrogens with zero attached hydrogens (tertiary/aromatic N) is 1. The van der Waals surface area contributed by atoms with Gasteiger partial charge in [0, 0.05) is 17.6 Å². The summed E-state index contributed by atoms with van der Waals surface area (Å²) in [7, 11) is -1.05. The number of benzene rings is 1. The first-order valence-electron chi connectivity index (χ1n) is 5.78. The highest BCUT2D eigenvalue weighted by atomic mass is 32.2. The second-order valence-electron chi connectivity index (χ2n) is 4.12. The third kappa shape index (κ3) is 3.03. The molecule has 4 heteroatoms. The van der Waals surface area contributed by atoms with E-state index in [0.717, 1.165) is 16.2 Å². The summed E-state index contributed by atoms with van der Waals surface area (Å²) in [6.45, 7) is 2.39. The second-order valence-corrected chi connectivity index (χ2v) is 5.57. The molecule has 2 aromatic rings. The van der Waals surface area contributed by atoms with Gasteiger partial charge in [-0.15, -0.1) is 0 Å². The topological polar surface area (TPSA) is 56.0 Å². The van der Waals surface area contributed by atoms with Crippen molar-refractivity contribution in [2.24, 2.45) is 5.73 Å². The number of hydrogen-bond donors (Lipinski definition) is 1. The number of hydrogen-bond acceptors (Lipinski definition) is 3. The van der Waals surface area contributed by atoms with Gasteiger partial charge in [-0.3, -0.25) is 9.19 Å². The quantitative estimate of drug-likeness (QED) is 0.916. The Bertz CT molecular complexity index is 552. The average Bonchev–Trinajstić information content (AvgIpc) is 2.40. The predicted octanol–water partition coefficient (Wildman–Crippen LogP) is 2.16. The van der Waals surface area contributed by atoms with Gasteiger partial charge < -0.3 is 5.73 Å². The molecule has 1 aromatic carbocycles. The van der Waals surface area contributed by atoms with Crippen molar-refractivity contribution in [1.29, 1.82) is 0 Å². The first kappa shape index (κ1) is 12.9. The molecular weight excluding hydrogens is 244 g/mol. The maximum absolute atomic E-state index is 12.2. The highest BCUT2D eigenvalue weighted by molar-refractivity contribution is 7.84. The van der Waals surface area contributed by atoms with Crippen molar-refractivity contribution >= 4 is 10.8 Å². The molecule has 0 bridgehead atoms. The number of aromatic nitrogens is 1. The molecule has 0 saturated carbocycles. The first-order chi connectivity index (χ1) is 8.70. The summed E-state index contributed by atoms with van der Waals surface area (Å²) in [4.78, 5) is 5.04. The fraction of sp³-hybridized carbons (Fsp3) is 0.214. The van der Waals surface area contributed by atoms with Crippen LogP contribution in [0.15, 0.2) is 47.5 Å². The second kappa shape index (κ2) is 5.89. The Morgan fingerprint density at radius 2 is 1.94 bits per heavy atom. The molecule has 1 atom stereocenters. The molecule has 0 spiro atoms. The van der Waals surface area contributed by atoms with Crippen molar-refractivity contribution < 1.29 is 4.21 Å². The Balaban J connectivity index is 2.18. The number of aryl methyl sites for hydroxylation is 1. The van der Waals surface area contributed by atoms with E-state index in [1.54, 1.807) is 6.20 Å². The zero-order valence-corrected chi connectivity index (χ0v) is 11.1. The average molecular weight is 260 g/mol. The molecule has 2 N–H and O–H groups in total. The summed E-state index contributed by atoms with van der Waals surface area (Å²) < 4.78 is 12.2. The van der Waals surface area contributed by atoms with E-state index in [0.29, 0.717) is 12.3 Å². The van der Waals surface area contributed by atoms with Crippen molar-refractivity contribution in [2.45, 2.75) is 24.1 Å². The summed E-state index contributed by atoms with van der Waals surface area (Å²) in [5, 5.41) is 0. The van der Waals surface area contributed by atoms with Crippen LogP contribution >= 0.6 is 0 Å². The van der Waals surface area contributed by atoms with Crippen LogP contribution in [0.1, 0.15) is 16.8 Å². The summed E-state index contributed by atoms with van der Waals surface area (Å²) in [6, 6.07) is 11.5. The Morgan fingerprint density at radius 3 is 2.61 bits per heavy atom. The minimum Gasteiger partial charge on any atom is -0.325 e. The van der Waals surface area contributed by atoms with Crippen LogP contribution in [0.3, 0.4) is 0 Å². The van der Waals surface area contributed by atoms with E-state index >= 15 is 0 Å². The first-order valence-corrected chi connectivity index (χ1v) is 7.10. The van der Waals surface area contributed by atoms with Crippen molar-refractivity contribution in [1.82, 2.24) is 4.98 Å². The monoisotopic (exact) mass is 260 g/mol. The SMILES string of the molecule is Cc1ccc(S(=O)Cc2cccnc2CN)cc1. The Labute approximate surface area is 110 Å². The van der Waals surface area contributed by atoms with Crippen molar-refractivity contribution in [3.8, 4) is 0 Å². The zero-order chi connectivity index (χ0) is 13.0. The van der Waals surface area contributed by atoms with E-state index in [2.05, 4.69) is 4.98 Å². The van der Waals surface area contributed by atoms with Gasteiger partial charge in [0.15, 0.2) is 0 Å². The fourth-order valence-corrected chi connectivity index (χ4v) is 2.85. The number of pyridine rings is 1. The van der Waals surface area contributed by atoms with Crippen molar-refractivity contribution in [3.63, 3.8) is 0 Å². The maximum atomic E-state index is 12.2. The maximum Gasteiger partial charge on any atom is 0.0580 e. The van der Waals surface area contributed by atoms with Gasteiger partial charge in [-0.2, -0.15) is 0 Å². The lowest BCUT2D eigenvalue weighted by Crippen LogP contribution is -2.06. The number of rotatable bonds is 4. The molecular formula is C14H16N2OS. The highest BCUT2D eigenvalue weighted by Gasteiger charge is 2.08. The van der Waals surface area contributed by atoms with Crippen LogP contribution in [0.4, 0.5) is 0 Å². The van der Waals surface area contributed by atoms with Gasteiger partial charge in [0.05, 0.1) is 22.2 Å². The smallest absolute Gasteiger partial charge is 0.0580 e. The summed E-state index contributed by atoms with van der Waals surface area (Å²) >= 11 is 0. The molecule has 0 aliphatic rings. The summed E-state index contributed by atoms with van der Waals surface area (Å²) in [5.74, 6) is 0.462. The van der Waals surface area contributed by atoms with Crippen molar-refractivity contribution in [2.75, 3.05) is 0 Å². The van der Waals surface area contributed by atoms with E-state index in [-0.39, 0.29) is 0 Å². The van der Waals surface area contributed by atoms with Crippen LogP contribution in [0.25, 0.3) is 0 Å². The Morgan fingerprint density at radius 1 is 1.22 bits per heavy atom. The van der Waals surface area contributed by atoms with E-state index in [9.17, 15) is 4.21 Å². The van der Waals surface area contributed by atoms with Gasteiger partial charge in [-0.05, 0) is 30.7 Å². The van der Waals surface area contributed by atoms with Gasteiger partial charge in [0.1, 0.15) is 0 Å². The van der Waals surface area contributed by atoms with Crippen LogP contribution in [0.5, 0.6) is 0 Å². The molecule has 0 fully saturated rings. The molecule has 0 saturated heterocycles. The Kier molecular flexibility index (Phi) is 4.23. The zero-order valence-electron chi connectivity index (χ0n) is 10.3. The lowest BCUT2D eigenvalue weighted by Gasteiger charge is -2.06. The third-order valence-corrected chi connectivity index (χ3v) is 4.12. The highest BCUT2D eigenvalue weighted by Crippen LogP contribution is 2.15. The normalized spacial score (nSPS) is 12.3. The van der Waals surface area contributed by atoms with Crippen LogP contribution in [0.2, 0.25) is 0 Å². The molecule has 0 aliphatic carbocycles. The Hall–Kier alpha value is -1.52. The van der Waals surface area contributed by atoms with Gasteiger partial charge in [-0.1, -0.05) is 23.8 Å². The van der Waals surface area contributed by atoms with Crippen molar-refractivity contribution in [3.05, 3.63) is 59.4 Å². The van der Waals surface area contributed by atoms with E-state index in [4.69, 9.17) is 5.73 Å². The van der Waals surface area contributed by atoms with Gasteiger partial charge >= 0.3 is 0 Å². The van der Waals surface area contributed by atoms with E-state index in [1.165, 1.54) is 5.56 Å². The lowest BCUT2D eigenvalue weighted by atomic mass is 10.2. The fourth-order valence-electron chi connectivity index (χ4n) is 1.70. The van der Waals surface area contributed by atoms with E-state index < -0.39 is 10.8 Å². The third-order valence-electron chi connectivity index (χ3n) is 2.75. The van der Waals surface area contributed by atoms with Crippen LogP contribution < -0.4 is 5.73 Å². The largest absolute Gasteiger partial charge is 0.325 e. The van der Waals surface area contributed by atoms with E-state index in [1.807, 2.05) is 43.3 Å². The van der Waals surface area contributed by atoms with Gasteiger partial charge in [0.25, 0.3) is 0 Å². The molecule has 1 unspecified atom stereocenters. The van der Waals surface area contributed by atoms with Crippen LogP contribution in [-0.4, -0.2) is 9.19 Å². The van der Waals surface area contributed by atoms with Crippen LogP contribution in [0, 0.1) is 6.92 Å². The lowest BCUT2D eigenvalue weighted by molar-refractivity contribution is 0.682. The van der Waals surface area contributed by atoms with Gasteiger partial charge in [-0.25, -0.2) is 0 Å². The molecule has 1 aromatic heterocycles. The molecule has 94 valence electrons. The number of nitrogens with two attached hydrogens (primary N) is 1. The molecule has 1 heterocycles. The standard InChI is InChI=1S/C14H16N2OS/c1-11-4-6-13(7-5-11)18(17)10-12-3-2-8-16-14(12)9-15/h2-8H,9-10,15H2,1H3. The molecule has 0 amide bonds. The van der Waals surface area contributed by atoms with Gasteiger partial charge in [0.2, 0.25) is 0 Å². The van der Waals surface area contributed by atoms with Crippen LogP contribution in [-0.2, 0) is 23.1 Å².